The van der Waals surface area contributed by atoms with Crippen LogP contribution >= 0.6 is 0 Å². The quantitative estimate of drug-likeness (QED) is 0.516. The fourth-order valence-corrected chi connectivity index (χ4v) is 6.09. The van der Waals surface area contributed by atoms with E-state index in [4.69, 9.17) is 9.47 Å². The summed E-state index contributed by atoms with van der Waals surface area (Å²) in [6.07, 6.45) is 9.02. The molecule has 0 bridgehead atoms. The molecule has 2 aromatic rings. The molecule has 5 rings (SSSR count). The summed E-state index contributed by atoms with van der Waals surface area (Å²) < 4.78 is 25.4. The number of hydrogen-bond acceptors (Lipinski definition) is 5. The van der Waals surface area contributed by atoms with E-state index in [1.165, 1.54) is 37.5 Å². The number of allylic oxidation sites excluding steroid dienone is 3. The molecule has 172 valence electrons. The van der Waals surface area contributed by atoms with Gasteiger partial charge in [-0.15, -0.1) is 0 Å². The van der Waals surface area contributed by atoms with Crippen molar-refractivity contribution in [1.29, 1.82) is 0 Å². The highest BCUT2D eigenvalue weighted by Gasteiger charge is 2.52. The van der Waals surface area contributed by atoms with Crippen molar-refractivity contribution in [3.63, 3.8) is 0 Å². The van der Waals surface area contributed by atoms with Gasteiger partial charge in [0.2, 0.25) is 0 Å². The van der Waals surface area contributed by atoms with E-state index in [-0.39, 0.29) is 29.1 Å². The lowest BCUT2D eigenvalue weighted by molar-refractivity contribution is -0.160. The monoisotopic (exact) mass is 450 g/mol. The van der Waals surface area contributed by atoms with Crippen LogP contribution in [0.3, 0.4) is 0 Å². The number of carbonyl (C=O) groups is 2. The second-order valence-corrected chi connectivity index (χ2v) is 9.34. The molecule has 4 atom stereocenters. The van der Waals surface area contributed by atoms with Crippen molar-refractivity contribution in [2.45, 2.75) is 32.6 Å². The number of halogens is 1. The lowest BCUT2D eigenvalue weighted by atomic mass is 9.54. The number of nitrogens with zero attached hydrogens (tertiary/aromatic N) is 2. The summed E-state index contributed by atoms with van der Waals surface area (Å²) in [5.41, 5.74) is 5.19. The summed E-state index contributed by atoms with van der Waals surface area (Å²) in [7, 11) is 2.74. The molecular weight excluding hydrogens is 423 g/mol. The molecule has 1 saturated carbocycles. The van der Waals surface area contributed by atoms with Gasteiger partial charge in [0.25, 0.3) is 0 Å². The Kier molecular flexibility index (Phi) is 5.22. The van der Waals surface area contributed by atoms with Crippen LogP contribution in [-0.4, -0.2) is 35.9 Å². The topological polar surface area (TPSA) is 70.4 Å². The summed E-state index contributed by atoms with van der Waals surface area (Å²) in [6.45, 7) is 2.22. The van der Waals surface area contributed by atoms with Gasteiger partial charge < -0.3 is 9.47 Å². The average Bonchev–Trinajstić information content (AvgIpc) is 3.23. The zero-order chi connectivity index (χ0) is 23.3. The third-order valence-corrected chi connectivity index (χ3v) is 7.72. The van der Waals surface area contributed by atoms with Crippen molar-refractivity contribution < 1.29 is 23.5 Å². The molecule has 7 heteroatoms. The first-order chi connectivity index (χ1) is 15.9. The minimum absolute atomic E-state index is 0.0638. The van der Waals surface area contributed by atoms with Gasteiger partial charge in [-0.2, -0.15) is 5.10 Å². The third kappa shape index (κ3) is 3.33. The molecule has 3 aliphatic rings. The zero-order valence-electron chi connectivity index (χ0n) is 19.0. The van der Waals surface area contributed by atoms with Crippen LogP contribution in [0.4, 0.5) is 4.39 Å². The van der Waals surface area contributed by atoms with Crippen LogP contribution in [0.2, 0.25) is 0 Å². The molecule has 1 aromatic heterocycles. The Labute approximate surface area is 192 Å². The van der Waals surface area contributed by atoms with E-state index in [9.17, 15) is 14.0 Å². The van der Waals surface area contributed by atoms with E-state index in [2.05, 4.69) is 24.2 Å². The number of aromatic nitrogens is 2. The molecule has 0 aliphatic heterocycles. The molecule has 0 N–H and O–H groups in total. The standard InChI is InChI=1S/C26H27FN2O4/c1-26-13-15-14-28-29(18-7-5-17(27)6-8-18)22(15)12-16(26)4-9-19-21(26)11-10-20(24(30)32-2)23(19)25(31)33-3/h5-8,11-12,14,19-20,23H,4,9-10,13H2,1-3H3/t19?,20-,23+,26+/m1/s1. The Hall–Kier alpha value is -3.22. The van der Waals surface area contributed by atoms with Crippen LogP contribution in [0.15, 0.2) is 47.7 Å². The third-order valence-electron chi connectivity index (χ3n) is 7.72. The molecule has 1 aromatic carbocycles. The number of fused-ring (bicyclic) bond motifs is 4. The molecular formula is C26H27FN2O4. The highest BCUT2D eigenvalue weighted by molar-refractivity contribution is 5.83. The number of rotatable bonds is 3. The molecule has 6 nitrogen and oxygen atoms in total. The van der Waals surface area contributed by atoms with Crippen molar-refractivity contribution in [3.05, 3.63) is 64.8 Å². The second kappa shape index (κ2) is 7.97. The number of ether oxygens (including phenoxy) is 2. The molecule has 0 saturated heterocycles. The lowest BCUT2D eigenvalue weighted by Gasteiger charge is -2.49. The molecule has 0 radical (unpaired) electrons. The van der Waals surface area contributed by atoms with E-state index in [1.54, 1.807) is 12.1 Å². The molecule has 0 spiro atoms. The van der Waals surface area contributed by atoms with Gasteiger partial charge in [0, 0.05) is 5.41 Å². The fraction of sp³-hybridized carbons (Fsp3) is 0.423. The van der Waals surface area contributed by atoms with Gasteiger partial charge in [-0.3, -0.25) is 9.59 Å². The normalized spacial score (nSPS) is 27.9. The molecule has 1 unspecified atom stereocenters. The lowest BCUT2D eigenvalue weighted by Crippen LogP contribution is -2.46. The molecule has 1 fully saturated rings. The maximum Gasteiger partial charge on any atom is 0.310 e. The Morgan fingerprint density at radius 3 is 2.58 bits per heavy atom. The van der Waals surface area contributed by atoms with Crippen LogP contribution in [0, 0.1) is 29.0 Å². The molecule has 1 heterocycles. The summed E-state index contributed by atoms with van der Waals surface area (Å²) in [5.74, 6) is -2.11. The number of benzene rings is 1. The Morgan fingerprint density at radius 1 is 1.15 bits per heavy atom. The Bertz CT molecular complexity index is 1180. The largest absolute Gasteiger partial charge is 0.469 e. The minimum atomic E-state index is -0.538. The smallest absolute Gasteiger partial charge is 0.310 e. The van der Waals surface area contributed by atoms with Crippen LogP contribution in [0.1, 0.15) is 37.4 Å². The highest BCUT2D eigenvalue weighted by Crippen LogP contribution is 2.57. The van der Waals surface area contributed by atoms with Gasteiger partial charge in [0.1, 0.15) is 5.82 Å². The number of carbonyl (C=O) groups excluding carboxylic acids is 2. The van der Waals surface area contributed by atoms with Crippen molar-refractivity contribution in [3.8, 4) is 5.69 Å². The minimum Gasteiger partial charge on any atom is -0.469 e. The van der Waals surface area contributed by atoms with Crippen LogP contribution in [0.25, 0.3) is 11.8 Å². The summed E-state index contributed by atoms with van der Waals surface area (Å²) in [5, 5.41) is 4.59. The SMILES string of the molecule is COC(=O)[C@@H]1CC=C2C(CCC3=Cc4c(cnn4-c4ccc(F)cc4)C[C@@]32C)[C@@H]1C(=O)OC. The second-order valence-electron chi connectivity index (χ2n) is 9.34. The first-order valence-electron chi connectivity index (χ1n) is 11.3. The van der Waals surface area contributed by atoms with E-state index in [0.717, 1.165) is 36.2 Å². The molecule has 33 heavy (non-hydrogen) atoms. The van der Waals surface area contributed by atoms with E-state index >= 15 is 0 Å². The number of esters is 2. The van der Waals surface area contributed by atoms with Gasteiger partial charge in [0.15, 0.2) is 0 Å². The van der Waals surface area contributed by atoms with E-state index < -0.39 is 11.8 Å². The zero-order valence-corrected chi connectivity index (χ0v) is 19.0. The Morgan fingerprint density at radius 2 is 1.88 bits per heavy atom. The van der Waals surface area contributed by atoms with Crippen LogP contribution in [-0.2, 0) is 25.5 Å². The van der Waals surface area contributed by atoms with Gasteiger partial charge in [0.05, 0.1) is 43.6 Å². The average molecular weight is 451 g/mol. The highest BCUT2D eigenvalue weighted by atomic mass is 19.1. The summed E-state index contributed by atoms with van der Waals surface area (Å²) in [4.78, 5) is 25.2. The van der Waals surface area contributed by atoms with E-state index in [1.807, 2.05) is 10.9 Å². The van der Waals surface area contributed by atoms with E-state index in [0.29, 0.717) is 6.42 Å². The van der Waals surface area contributed by atoms with Gasteiger partial charge in [-0.05, 0) is 67.5 Å². The Balaban J connectivity index is 1.54. The maximum atomic E-state index is 13.4. The van der Waals surface area contributed by atoms with Gasteiger partial charge >= 0.3 is 11.9 Å². The van der Waals surface area contributed by atoms with Crippen molar-refractivity contribution in [1.82, 2.24) is 9.78 Å². The van der Waals surface area contributed by atoms with Gasteiger partial charge in [-0.1, -0.05) is 24.1 Å². The number of hydrogen-bond donors (Lipinski definition) is 0. The molecule has 0 amide bonds. The van der Waals surface area contributed by atoms with Crippen molar-refractivity contribution in [2.24, 2.45) is 23.2 Å². The van der Waals surface area contributed by atoms with Crippen molar-refractivity contribution in [2.75, 3.05) is 14.2 Å². The first-order valence-corrected chi connectivity index (χ1v) is 11.3. The van der Waals surface area contributed by atoms with Gasteiger partial charge in [-0.25, -0.2) is 9.07 Å². The number of methoxy groups -OCH3 is 2. The summed E-state index contributed by atoms with van der Waals surface area (Å²) >= 11 is 0. The summed E-state index contributed by atoms with van der Waals surface area (Å²) in [6, 6.07) is 6.32. The first kappa shape index (κ1) is 21.6. The molecule has 3 aliphatic carbocycles. The van der Waals surface area contributed by atoms with Crippen molar-refractivity contribution >= 4 is 18.0 Å². The maximum absolute atomic E-state index is 13.4. The predicted molar refractivity (Wildman–Crippen MR) is 120 cm³/mol. The predicted octanol–water partition coefficient (Wildman–Crippen LogP) is 4.28. The van der Waals surface area contributed by atoms with Crippen LogP contribution in [0.5, 0.6) is 0 Å². The van der Waals surface area contributed by atoms with Crippen LogP contribution < -0.4 is 0 Å². The fourth-order valence-electron chi connectivity index (χ4n) is 6.09.